The van der Waals surface area contributed by atoms with Gasteiger partial charge in [0.1, 0.15) is 5.78 Å². The average molecular weight is 142 g/mol. The number of rotatable bonds is 1. The van der Waals surface area contributed by atoms with Gasteiger partial charge in [0.2, 0.25) is 0 Å². The van der Waals surface area contributed by atoms with Crippen molar-refractivity contribution in [3.8, 4) is 0 Å². The van der Waals surface area contributed by atoms with Crippen LogP contribution in [0.5, 0.6) is 0 Å². The molecule has 0 aromatic carbocycles. The largest absolute Gasteiger partial charge is 0.380 e. The lowest BCUT2D eigenvalue weighted by Crippen LogP contribution is -2.31. The lowest BCUT2D eigenvalue weighted by Gasteiger charge is -2.23. The molecular formula is C8H14O2. The Morgan fingerprint density at radius 3 is 2.70 bits per heavy atom. The maximum absolute atomic E-state index is 11.2. The molecule has 1 aliphatic rings. The van der Waals surface area contributed by atoms with E-state index in [0.29, 0.717) is 31.3 Å². The summed E-state index contributed by atoms with van der Waals surface area (Å²) in [6, 6.07) is 0. The molecular weight excluding hydrogens is 128 g/mol. The summed E-state index contributed by atoms with van der Waals surface area (Å²) < 4.78 is 5.19. The van der Waals surface area contributed by atoms with Crippen LogP contribution in [0, 0.1) is 11.8 Å². The Morgan fingerprint density at radius 1 is 1.60 bits per heavy atom. The summed E-state index contributed by atoms with van der Waals surface area (Å²) in [4.78, 5) is 11.2. The van der Waals surface area contributed by atoms with Gasteiger partial charge in [-0.25, -0.2) is 0 Å². The molecule has 1 aliphatic heterocycles. The van der Waals surface area contributed by atoms with Crippen LogP contribution in [0.3, 0.4) is 0 Å². The molecule has 0 amide bonds. The van der Waals surface area contributed by atoms with Gasteiger partial charge in [-0.1, -0.05) is 13.8 Å². The second-order valence-corrected chi connectivity index (χ2v) is 3.14. The molecule has 0 aromatic rings. The van der Waals surface area contributed by atoms with Crippen molar-refractivity contribution in [2.24, 2.45) is 11.8 Å². The predicted octanol–water partition coefficient (Wildman–Crippen LogP) is 1.25. The van der Waals surface area contributed by atoms with Crippen molar-refractivity contribution in [2.75, 3.05) is 13.2 Å². The van der Waals surface area contributed by atoms with Crippen molar-refractivity contribution >= 4 is 5.78 Å². The maximum Gasteiger partial charge on any atom is 0.140 e. The van der Waals surface area contributed by atoms with Gasteiger partial charge >= 0.3 is 0 Å². The average Bonchev–Trinajstić information content (AvgIpc) is 1.88. The summed E-state index contributed by atoms with van der Waals surface area (Å²) >= 11 is 0. The number of ether oxygens (including phenoxy) is 1. The fourth-order valence-electron chi connectivity index (χ4n) is 1.23. The van der Waals surface area contributed by atoms with Crippen LogP contribution in [-0.4, -0.2) is 19.0 Å². The van der Waals surface area contributed by atoms with Gasteiger partial charge in [0.25, 0.3) is 0 Å². The molecule has 1 fully saturated rings. The molecule has 1 atom stereocenters. The predicted molar refractivity (Wildman–Crippen MR) is 38.8 cm³/mol. The van der Waals surface area contributed by atoms with Crippen LogP contribution in [0.15, 0.2) is 0 Å². The Kier molecular flexibility index (Phi) is 2.44. The summed E-state index contributed by atoms with van der Waals surface area (Å²) in [6.45, 7) is 5.40. The number of hydrogen-bond acceptors (Lipinski definition) is 2. The Balaban J connectivity index is 2.48. The first kappa shape index (κ1) is 7.73. The first-order chi connectivity index (χ1) is 4.72. The topological polar surface area (TPSA) is 26.3 Å². The molecule has 0 aromatic heterocycles. The number of hydrogen-bond donors (Lipinski definition) is 0. The van der Waals surface area contributed by atoms with E-state index in [1.54, 1.807) is 0 Å². The van der Waals surface area contributed by atoms with Crippen molar-refractivity contribution in [3.63, 3.8) is 0 Å². The van der Waals surface area contributed by atoms with Crippen LogP contribution in [0.4, 0.5) is 0 Å². The molecule has 1 saturated heterocycles. The molecule has 0 bridgehead atoms. The van der Waals surface area contributed by atoms with Crippen LogP contribution in [0.25, 0.3) is 0 Å². The van der Waals surface area contributed by atoms with Crippen molar-refractivity contribution in [2.45, 2.75) is 20.3 Å². The molecule has 0 spiro atoms. The zero-order chi connectivity index (χ0) is 7.56. The van der Waals surface area contributed by atoms with Crippen molar-refractivity contribution in [3.05, 3.63) is 0 Å². The standard InChI is InChI=1S/C8H14O2/c1-6(2)7-5-10-4-3-8(7)9/h6-7H,3-5H2,1-2H3/t7-/m1/s1. The van der Waals surface area contributed by atoms with Crippen LogP contribution < -0.4 is 0 Å². The second-order valence-electron chi connectivity index (χ2n) is 3.14. The Morgan fingerprint density at radius 2 is 2.30 bits per heavy atom. The highest BCUT2D eigenvalue weighted by atomic mass is 16.5. The fraction of sp³-hybridized carbons (Fsp3) is 0.875. The minimum Gasteiger partial charge on any atom is -0.380 e. The minimum absolute atomic E-state index is 0.161. The zero-order valence-corrected chi connectivity index (χ0v) is 6.59. The molecule has 0 radical (unpaired) electrons. The van der Waals surface area contributed by atoms with E-state index in [0.717, 1.165) is 0 Å². The van der Waals surface area contributed by atoms with E-state index >= 15 is 0 Å². The molecule has 10 heavy (non-hydrogen) atoms. The third kappa shape index (κ3) is 1.57. The third-order valence-electron chi connectivity index (χ3n) is 2.01. The van der Waals surface area contributed by atoms with Gasteiger partial charge in [-0.2, -0.15) is 0 Å². The normalized spacial score (nSPS) is 27.5. The number of carbonyl (C=O) groups is 1. The first-order valence-electron chi connectivity index (χ1n) is 3.82. The number of Topliss-reactive ketones (excluding diaryl/α,β-unsaturated/α-hetero) is 1. The first-order valence-corrected chi connectivity index (χ1v) is 3.82. The van der Waals surface area contributed by atoms with Crippen molar-refractivity contribution in [1.29, 1.82) is 0 Å². The molecule has 0 unspecified atom stereocenters. The van der Waals surface area contributed by atoms with E-state index in [-0.39, 0.29) is 5.92 Å². The van der Waals surface area contributed by atoms with E-state index in [1.165, 1.54) is 0 Å². The van der Waals surface area contributed by atoms with E-state index in [9.17, 15) is 4.79 Å². The fourth-order valence-corrected chi connectivity index (χ4v) is 1.23. The van der Waals surface area contributed by atoms with Gasteiger partial charge in [0.05, 0.1) is 13.2 Å². The molecule has 0 aliphatic carbocycles. The lowest BCUT2D eigenvalue weighted by atomic mass is 9.90. The van der Waals surface area contributed by atoms with E-state index < -0.39 is 0 Å². The Bertz CT molecular complexity index is 129. The summed E-state index contributed by atoms with van der Waals surface area (Å²) in [5, 5.41) is 0. The molecule has 1 heterocycles. The molecule has 58 valence electrons. The molecule has 1 rings (SSSR count). The van der Waals surface area contributed by atoms with Crippen LogP contribution in [0.1, 0.15) is 20.3 Å². The lowest BCUT2D eigenvalue weighted by molar-refractivity contribution is -0.132. The smallest absolute Gasteiger partial charge is 0.140 e. The maximum atomic E-state index is 11.2. The van der Waals surface area contributed by atoms with Crippen LogP contribution in [-0.2, 0) is 9.53 Å². The van der Waals surface area contributed by atoms with Crippen LogP contribution in [0.2, 0.25) is 0 Å². The third-order valence-corrected chi connectivity index (χ3v) is 2.01. The van der Waals surface area contributed by atoms with Gasteiger partial charge < -0.3 is 4.74 Å². The quantitative estimate of drug-likeness (QED) is 0.550. The zero-order valence-electron chi connectivity index (χ0n) is 6.59. The summed E-state index contributed by atoms with van der Waals surface area (Å²) in [6.07, 6.45) is 0.614. The summed E-state index contributed by atoms with van der Waals surface area (Å²) in [5.41, 5.74) is 0. The summed E-state index contributed by atoms with van der Waals surface area (Å²) in [7, 11) is 0. The van der Waals surface area contributed by atoms with Gasteiger partial charge in [-0.3, -0.25) is 4.79 Å². The van der Waals surface area contributed by atoms with Gasteiger partial charge in [-0.05, 0) is 5.92 Å². The van der Waals surface area contributed by atoms with E-state index in [1.807, 2.05) is 0 Å². The van der Waals surface area contributed by atoms with Crippen molar-refractivity contribution in [1.82, 2.24) is 0 Å². The monoisotopic (exact) mass is 142 g/mol. The minimum atomic E-state index is 0.161. The summed E-state index contributed by atoms with van der Waals surface area (Å²) in [5.74, 6) is 0.975. The number of carbonyl (C=O) groups excluding carboxylic acids is 1. The molecule has 2 heteroatoms. The molecule has 0 saturated carbocycles. The van der Waals surface area contributed by atoms with E-state index in [2.05, 4.69) is 13.8 Å². The Labute approximate surface area is 61.6 Å². The van der Waals surface area contributed by atoms with Gasteiger partial charge in [0, 0.05) is 12.3 Å². The van der Waals surface area contributed by atoms with E-state index in [4.69, 9.17) is 4.74 Å². The Hall–Kier alpha value is -0.370. The van der Waals surface area contributed by atoms with Gasteiger partial charge in [-0.15, -0.1) is 0 Å². The molecule has 0 N–H and O–H groups in total. The van der Waals surface area contributed by atoms with Crippen molar-refractivity contribution < 1.29 is 9.53 Å². The highest BCUT2D eigenvalue weighted by Gasteiger charge is 2.25. The highest BCUT2D eigenvalue weighted by molar-refractivity contribution is 5.81. The molecule has 2 nitrogen and oxygen atoms in total. The highest BCUT2D eigenvalue weighted by Crippen LogP contribution is 2.17. The number of ketones is 1. The van der Waals surface area contributed by atoms with Gasteiger partial charge in [0.15, 0.2) is 0 Å². The van der Waals surface area contributed by atoms with Crippen LogP contribution >= 0.6 is 0 Å². The second kappa shape index (κ2) is 3.15. The SMILES string of the molecule is CC(C)[C@H]1COCCC1=O.